The standard InChI is InChI=1S/C20H24ClN5O/c21-17-8-10-19(11-9-17)27-14-6-2-1-4-13-24-20(26-16-22)25-15-18-7-3-5-12-23-18/h3,5,7-12H,1-2,4,6,13-15H2,(H2,24,25,26). The Morgan fingerprint density at radius 1 is 1.07 bits per heavy atom. The molecule has 0 aliphatic carbocycles. The summed E-state index contributed by atoms with van der Waals surface area (Å²) in [6.45, 7) is 1.98. The molecule has 0 saturated heterocycles. The van der Waals surface area contributed by atoms with Crippen molar-refractivity contribution in [2.75, 3.05) is 13.2 Å². The highest BCUT2D eigenvalue weighted by Crippen LogP contribution is 2.15. The second-order valence-electron chi connectivity index (χ2n) is 5.88. The number of nitrogens with zero attached hydrogens (tertiary/aromatic N) is 3. The molecule has 1 aromatic carbocycles. The smallest absolute Gasteiger partial charge is 0.209 e. The van der Waals surface area contributed by atoms with Crippen molar-refractivity contribution in [3.05, 3.63) is 59.4 Å². The van der Waals surface area contributed by atoms with E-state index in [2.05, 4.69) is 20.6 Å². The van der Waals surface area contributed by atoms with E-state index in [1.54, 1.807) is 6.20 Å². The SMILES string of the molecule is N#C/N=C(\NCCCCCCOc1ccc(Cl)cc1)NCc1ccccn1. The largest absolute Gasteiger partial charge is 0.494 e. The van der Waals surface area contributed by atoms with Crippen LogP contribution in [0.3, 0.4) is 0 Å². The highest BCUT2D eigenvalue weighted by molar-refractivity contribution is 6.30. The van der Waals surface area contributed by atoms with Crippen molar-refractivity contribution in [3.63, 3.8) is 0 Å². The number of ether oxygens (including phenoxy) is 1. The normalized spacial score (nSPS) is 10.9. The first kappa shape index (κ1) is 20.5. The van der Waals surface area contributed by atoms with Crippen LogP contribution in [0.15, 0.2) is 53.7 Å². The van der Waals surface area contributed by atoms with Crippen molar-refractivity contribution in [1.82, 2.24) is 15.6 Å². The maximum atomic E-state index is 8.79. The van der Waals surface area contributed by atoms with Crippen LogP contribution in [0.1, 0.15) is 31.4 Å². The average molecular weight is 386 g/mol. The van der Waals surface area contributed by atoms with Gasteiger partial charge in [-0.15, -0.1) is 4.99 Å². The third-order valence-electron chi connectivity index (χ3n) is 3.77. The van der Waals surface area contributed by atoms with E-state index in [4.69, 9.17) is 21.6 Å². The first-order valence-electron chi connectivity index (χ1n) is 9.01. The lowest BCUT2D eigenvalue weighted by molar-refractivity contribution is 0.304. The predicted octanol–water partition coefficient (Wildman–Crippen LogP) is 3.89. The van der Waals surface area contributed by atoms with E-state index in [9.17, 15) is 0 Å². The minimum absolute atomic E-state index is 0.481. The van der Waals surface area contributed by atoms with E-state index >= 15 is 0 Å². The quantitative estimate of drug-likeness (QED) is 0.280. The maximum absolute atomic E-state index is 8.79. The summed E-state index contributed by atoms with van der Waals surface area (Å²) in [4.78, 5) is 8.00. The number of hydrogen-bond acceptors (Lipinski definition) is 4. The Labute approximate surface area is 165 Å². The fourth-order valence-corrected chi connectivity index (χ4v) is 2.50. The third-order valence-corrected chi connectivity index (χ3v) is 4.02. The van der Waals surface area contributed by atoms with Crippen LogP contribution in [-0.4, -0.2) is 24.1 Å². The Morgan fingerprint density at radius 3 is 2.63 bits per heavy atom. The van der Waals surface area contributed by atoms with Crippen LogP contribution in [0, 0.1) is 11.5 Å². The molecule has 0 aliphatic rings. The van der Waals surface area contributed by atoms with Gasteiger partial charge >= 0.3 is 0 Å². The Kier molecular flexibility index (Phi) is 9.55. The van der Waals surface area contributed by atoms with Crippen LogP contribution < -0.4 is 15.4 Å². The molecule has 1 heterocycles. The first-order valence-corrected chi connectivity index (χ1v) is 9.38. The molecule has 0 fully saturated rings. The molecule has 2 N–H and O–H groups in total. The number of guanidine groups is 1. The fraction of sp³-hybridized carbons (Fsp3) is 0.350. The molecule has 0 radical (unpaired) electrons. The molecule has 0 saturated carbocycles. The molecular weight excluding hydrogens is 362 g/mol. The number of unbranched alkanes of at least 4 members (excludes halogenated alkanes) is 3. The number of hydrogen-bond donors (Lipinski definition) is 2. The molecule has 0 aliphatic heterocycles. The lowest BCUT2D eigenvalue weighted by atomic mass is 10.2. The predicted molar refractivity (Wildman–Crippen MR) is 108 cm³/mol. The summed E-state index contributed by atoms with van der Waals surface area (Å²) >= 11 is 5.84. The molecule has 2 rings (SSSR count). The van der Waals surface area contributed by atoms with Crippen molar-refractivity contribution in [2.24, 2.45) is 4.99 Å². The van der Waals surface area contributed by atoms with Crippen molar-refractivity contribution in [3.8, 4) is 11.9 Å². The lowest BCUT2D eigenvalue weighted by Crippen LogP contribution is -2.37. The van der Waals surface area contributed by atoms with Gasteiger partial charge in [0.15, 0.2) is 0 Å². The van der Waals surface area contributed by atoms with Gasteiger partial charge in [0, 0.05) is 17.8 Å². The number of nitrogens with one attached hydrogen (secondary N) is 2. The van der Waals surface area contributed by atoms with Crippen LogP contribution >= 0.6 is 11.6 Å². The molecule has 0 amide bonds. The van der Waals surface area contributed by atoms with Crippen molar-refractivity contribution in [2.45, 2.75) is 32.2 Å². The summed E-state index contributed by atoms with van der Waals surface area (Å²) in [5, 5.41) is 15.8. The number of pyridine rings is 1. The average Bonchev–Trinajstić information content (AvgIpc) is 2.70. The van der Waals surface area contributed by atoms with Gasteiger partial charge in [0.05, 0.1) is 18.8 Å². The van der Waals surface area contributed by atoms with E-state index in [1.165, 1.54) is 0 Å². The maximum Gasteiger partial charge on any atom is 0.209 e. The topological polar surface area (TPSA) is 82.3 Å². The van der Waals surface area contributed by atoms with Crippen LogP contribution in [0.2, 0.25) is 5.02 Å². The molecule has 0 atom stereocenters. The van der Waals surface area contributed by atoms with E-state index in [0.717, 1.165) is 43.7 Å². The number of benzene rings is 1. The minimum Gasteiger partial charge on any atom is -0.494 e. The number of halogens is 1. The summed E-state index contributed by atoms with van der Waals surface area (Å²) in [5.41, 5.74) is 0.894. The zero-order chi connectivity index (χ0) is 19.2. The molecule has 6 nitrogen and oxygen atoms in total. The zero-order valence-corrected chi connectivity index (χ0v) is 16.0. The molecule has 0 spiro atoms. The second kappa shape index (κ2) is 12.6. The highest BCUT2D eigenvalue weighted by Gasteiger charge is 2.00. The van der Waals surface area contributed by atoms with E-state index in [1.807, 2.05) is 48.7 Å². The summed E-state index contributed by atoms with van der Waals surface area (Å²) in [7, 11) is 0. The first-order chi connectivity index (χ1) is 13.3. The van der Waals surface area contributed by atoms with Crippen LogP contribution in [0.5, 0.6) is 5.75 Å². The fourth-order valence-electron chi connectivity index (χ4n) is 2.38. The summed E-state index contributed by atoms with van der Waals surface area (Å²) < 4.78 is 5.67. The number of nitriles is 1. The monoisotopic (exact) mass is 385 g/mol. The van der Waals surface area contributed by atoms with Crippen molar-refractivity contribution in [1.29, 1.82) is 5.26 Å². The number of aliphatic imine (C=N–C) groups is 1. The number of rotatable bonds is 10. The van der Waals surface area contributed by atoms with E-state index < -0.39 is 0 Å². The van der Waals surface area contributed by atoms with Crippen LogP contribution in [0.25, 0.3) is 0 Å². The molecule has 2 aromatic rings. The van der Waals surface area contributed by atoms with Gasteiger partial charge in [-0.25, -0.2) is 0 Å². The van der Waals surface area contributed by atoms with Crippen LogP contribution in [0.4, 0.5) is 0 Å². The second-order valence-corrected chi connectivity index (χ2v) is 6.31. The summed E-state index contributed by atoms with van der Waals surface area (Å²) in [6.07, 6.45) is 7.71. The third kappa shape index (κ3) is 8.93. The lowest BCUT2D eigenvalue weighted by Gasteiger charge is -2.10. The van der Waals surface area contributed by atoms with E-state index in [-0.39, 0.29) is 0 Å². The van der Waals surface area contributed by atoms with Gasteiger partial charge < -0.3 is 15.4 Å². The number of aromatic nitrogens is 1. The zero-order valence-electron chi connectivity index (χ0n) is 15.2. The Balaban J connectivity index is 1.53. The van der Waals surface area contributed by atoms with Gasteiger partial charge in [-0.1, -0.05) is 30.5 Å². The highest BCUT2D eigenvalue weighted by atomic mass is 35.5. The molecule has 27 heavy (non-hydrogen) atoms. The Hall–Kier alpha value is -2.78. The van der Waals surface area contributed by atoms with Gasteiger partial charge in [0.2, 0.25) is 12.2 Å². The summed E-state index contributed by atoms with van der Waals surface area (Å²) in [6, 6.07) is 13.1. The Bertz CT molecular complexity index is 728. The molecule has 7 heteroatoms. The van der Waals surface area contributed by atoms with E-state index in [0.29, 0.717) is 24.1 Å². The van der Waals surface area contributed by atoms with Gasteiger partial charge in [0.1, 0.15) is 5.75 Å². The van der Waals surface area contributed by atoms with Gasteiger partial charge in [0.25, 0.3) is 0 Å². The van der Waals surface area contributed by atoms with Crippen molar-refractivity contribution < 1.29 is 4.74 Å². The van der Waals surface area contributed by atoms with Gasteiger partial charge in [-0.05, 0) is 49.2 Å². The van der Waals surface area contributed by atoms with Gasteiger partial charge in [-0.3, -0.25) is 4.98 Å². The molecule has 142 valence electrons. The molecule has 0 unspecified atom stereocenters. The summed E-state index contributed by atoms with van der Waals surface area (Å²) in [5.74, 6) is 1.33. The van der Waals surface area contributed by atoms with Gasteiger partial charge in [-0.2, -0.15) is 5.26 Å². The van der Waals surface area contributed by atoms with Crippen molar-refractivity contribution >= 4 is 17.6 Å². The molecule has 0 bridgehead atoms. The molecule has 1 aromatic heterocycles. The minimum atomic E-state index is 0.481. The molecular formula is C20H24ClN5O. The van der Waals surface area contributed by atoms with Crippen LogP contribution in [-0.2, 0) is 6.54 Å². The Morgan fingerprint density at radius 2 is 1.89 bits per heavy atom.